The fourth-order valence-corrected chi connectivity index (χ4v) is 1.54. The van der Waals surface area contributed by atoms with Crippen LogP contribution in [0.5, 0.6) is 0 Å². The molecule has 0 amide bonds. The maximum Gasteiger partial charge on any atom is 0.333 e. The number of aryl methyl sites for hydroxylation is 2. The summed E-state index contributed by atoms with van der Waals surface area (Å²) in [5.74, 6) is 0.891. The number of rotatable bonds is 5. The second-order valence-electron chi connectivity index (χ2n) is 4.56. The standard InChI is InChI=1S/C11H20N4O2/c1-6-9-10(15(16)17)11(14(5)13-9)12-8(4)7(2)3/h7-8,12H,6H2,1-5H3. The Bertz CT molecular complexity index is 412. The molecule has 1 rings (SSSR count). The van der Waals surface area contributed by atoms with Gasteiger partial charge in [0.15, 0.2) is 0 Å². The topological polar surface area (TPSA) is 73.0 Å². The lowest BCUT2D eigenvalue weighted by Crippen LogP contribution is -2.23. The smallest absolute Gasteiger partial charge is 0.333 e. The van der Waals surface area contributed by atoms with E-state index in [2.05, 4.69) is 24.3 Å². The number of nitrogens with one attached hydrogen (secondary N) is 1. The van der Waals surface area contributed by atoms with Gasteiger partial charge in [0.2, 0.25) is 5.82 Å². The third kappa shape index (κ3) is 2.75. The van der Waals surface area contributed by atoms with Crippen LogP contribution in [0.15, 0.2) is 0 Å². The van der Waals surface area contributed by atoms with Crippen molar-refractivity contribution in [3.63, 3.8) is 0 Å². The number of hydrogen-bond acceptors (Lipinski definition) is 4. The highest BCUT2D eigenvalue weighted by atomic mass is 16.6. The van der Waals surface area contributed by atoms with Crippen molar-refractivity contribution in [3.05, 3.63) is 15.8 Å². The summed E-state index contributed by atoms with van der Waals surface area (Å²) in [6.45, 7) is 8.01. The first-order valence-corrected chi connectivity index (χ1v) is 5.85. The van der Waals surface area contributed by atoms with Crippen LogP contribution in [0.25, 0.3) is 0 Å². The van der Waals surface area contributed by atoms with Gasteiger partial charge in [-0.2, -0.15) is 5.10 Å². The largest absolute Gasteiger partial charge is 0.362 e. The lowest BCUT2D eigenvalue weighted by atomic mass is 10.1. The van der Waals surface area contributed by atoms with Gasteiger partial charge in [-0.05, 0) is 19.3 Å². The summed E-state index contributed by atoms with van der Waals surface area (Å²) in [6, 6.07) is 0.161. The van der Waals surface area contributed by atoms with Crippen molar-refractivity contribution < 1.29 is 4.92 Å². The summed E-state index contributed by atoms with van der Waals surface area (Å²) in [7, 11) is 1.72. The van der Waals surface area contributed by atoms with E-state index < -0.39 is 0 Å². The van der Waals surface area contributed by atoms with E-state index in [9.17, 15) is 10.1 Å². The van der Waals surface area contributed by atoms with Gasteiger partial charge in [-0.15, -0.1) is 0 Å². The van der Waals surface area contributed by atoms with Crippen molar-refractivity contribution >= 4 is 11.5 Å². The van der Waals surface area contributed by atoms with E-state index in [1.165, 1.54) is 0 Å². The van der Waals surface area contributed by atoms with Gasteiger partial charge in [0.05, 0.1) is 4.92 Å². The van der Waals surface area contributed by atoms with Gasteiger partial charge < -0.3 is 5.32 Å². The Morgan fingerprint density at radius 1 is 1.47 bits per heavy atom. The molecule has 0 aliphatic carbocycles. The predicted octanol–water partition coefficient (Wildman–Crippen LogP) is 2.35. The van der Waals surface area contributed by atoms with Crippen LogP contribution in [0, 0.1) is 16.0 Å². The Hall–Kier alpha value is -1.59. The fourth-order valence-electron chi connectivity index (χ4n) is 1.54. The Balaban J connectivity index is 3.13. The van der Waals surface area contributed by atoms with Gasteiger partial charge in [0, 0.05) is 13.1 Å². The molecular weight excluding hydrogens is 220 g/mol. The first kappa shape index (κ1) is 13.5. The number of aromatic nitrogens is 2. The van der Waals surface area contributed by atoms with E-state index in [4.69, 9.17) is 0 Å². The summed E-state index contributed by atoms with van der Waals surface area (Å²) in [5.41, 5.74) is 0.624. The molecule has 17 heavy (non-hydrogen) atoms. The summed E-state index contributed by atoms with van der Waals surface area (Å²) in [6.07, 6.45) is 0.557. The molecule has 0 fully saturated rings. The van der Waals surface area contributed by atoms with Crippen LogP contribution in [-0.2, 0) is 13.5 Å². The van der Waals surface area contributed by atoms with Crippen LogP contribution in [-0.4, -0.2) is 20.7 Å². The fraction of sp³-hybridized carbons (Fsp3) is 0.727. The minimum Gasteiger partial charge on any atom is -0.362 e. The average Bonchev–Trinajstić information content (AvgIpc) is 2.55. The maximum absolute atomic E-state index is 11.1. The zero-order valence-electron chi connectivity index (χ0n) is 11.0. The van der Waals surface area contributed by atoms with Gasteiger partial charge in [-0.25, -0.2) is 4.68 Å². The lowest BCUT2D eigenvalue weighted by molar-refractivity contribution is -0.384. The molecule has 1 aromatic rings. The van der Waals surface area contributed by atoms with Crippen LogP contribution in [0.4, 0.5) is 11.5 Å². The molecule has 0 aromatic carbocycles. The third-order valence-corrected chi connectivity index (χ3v) is 2.97. The number of nitro groups is 1. The van der Waals surface area contributed by atoms with Gasteiger partial charge in [0.1, 0.15) is 5.69 Å². The van der Waals surface area contributed by atoms with Crippen molar-refractivity contribution in [2.45, 2.75) is 40.2 Å². The van der Waals surface area contributed by atoms with Crippen molar-refractivity contribution in [3.8, 4) is 0 Å². The molecule has 1 heterocycles. The summed E-state index contributed by atoms with van der Waals surface area (Å²) in [5, 5.41) is 18.4. The maximum atomic E-state index is 11.1. The van der Waals surface area contributed by atoms with Crippen LogP contribution < -0.4 is 5.32 Å². The van der Waals surface area contributed by atoms with E-state index in [0.29, 0.717) is 23.9 Å². The normalized spacial score (nSPS) is 12.8. The zero-order valence-corrected chi connectivity index (χ0v) is 11.0. The monoisotopic (exact) mass is 240 g/mol. The molecule has 6 heteroatoms. The molecule has 0 radical (unpaired) electrons. The van der Waals surface area contributed by atoms with Crippen molar-refractivity contribution in [1.82, 2.24) is 9.78 Å². The molecule has 1 N–H and O–H groups in total. The highest BCUT2D eigenvalue weighted by Gasteiger charge is 2.26. The minimum absolute atomic E-state index is 0.0995. The van der Waals surface area contributed by atoms with Crippen LogP contribution in [0.2, 0.25) is 0 Å². The molecule has 0 bridgehead atoms. The van der Waals surface area contributed by atoms with E-state index in [1.807, 2.05) is 13.8 Å². The van der Waals surface area contributed by atoms with E-state index >= 15 is 0 Å². The first-order valence-electron chi connectivity index (χ1n) is 5.85. The molecular formula is C11H20N4O2. The van der Waals surface area contributed by atoms with Crippen molar-refractivity contribution in [1.29, 1.82) is 0 Å². The second-order valence-corrected chi connectivity index (χ2v) is 4.56. The summed E-state index contributed by atoms with van der Waals surface area (Å²) < 4.78 is 1.55. The molecule has 1 aromatic heterocycles. The number of hydrogen-bond donors (Lipinski definition) is 1. The van der Waals surface area contributed by atoms with Gasteiger partial charge in [-0.1, -0.05) is 20.8 Å². The molecule has 0 spiro atoms. The van der Waals surface area contributed by atoms with E-state index in [-0.39, 0.29) is 16.7 Å². The van der Waals surface area contributed by atoms with Crippen LogP contribution in [0.1, 0.15) is 33.4 Å². The molecule has 96 valence electrons. The summed E-state index contributed by atoms with van der Waals surface area (Å²) >= 11 is 0. The predicted molar refractivity (Wildman–Crippen MR) is 67.2 cm³/mol. The highest BCUT2D eigenvalue weighted by molar-refractivity contribution is 5.60. The molecule has 0 aliphatic heterocycles. The van der Waals surface area contributed by atoms with Crippen molar-refractivity contribution in [2.75, 3.05) is 5.32 Å². The Morgan fingerprint density at radius 2 is 2.06 bits per heavy atom. The Kier molecular flexibility index (Phi) is 4.09. The van der Waals surface area contributed by atoms with Gasteiger partial charge in [-0.3, -0.25) is 10.1 Å². The first-order chi connectivity index (χ1) is 7.88. The Morgan fingerprint density at radius 3 is 2.47 bits per heavy atom. The van der Waals surface area contributed by atoms with Gasteiger partial charge >= 0.3 is 5.69 Å². The molecule has 0 saturated carbocycles. The zero-order chi connectivity index (χ0) is 13.2. The van der Waals surface area contributed by atoms with Gasteiger partial charge in [0.25, 0.3) is 0 Å². The minimum atomic E-state index is -0.360. The molecule has 0 aliphatic rings. The van der Waals surface area contributed by atoms with Crippen molar-refractivity contribution in [2.24, 2.45) is 13.0 Å². The molecule has 1 unspecified atom stereocenters. The van der Waals surface area contributed by atoms with Crippen LogP contribution >= 0.6 is 0 Å². The van der Waals surface area contributed by atoms with E-state index in [0.717, 1.165) is 0 Å². The second kappa shape index (κ2) is 5.16. The van der Waals surface area contributed by atoms with Crippen LogP contribution in [0.3, 0.4) is 0 Å². The third-order valence-electron chi connectivity index (χ3n) is 2.97. The molecule has 1 atom stereocenters. The lowest BCUT2D eigenvalue weighted by Gasteiger charge is -2.17. The SMILES string of the molecule is CCc1nn(C)c(NC(C)C(C)C)c1[N+](=O)[O-]. The number of nitrogens with zero attached hydrogens (tertiary/aromatic N) is 3. The quantitative estimate of drug-likeness (QED) is 0.633. The highest BCUT2D eigenvalue weighted by Crippen LogP contribution is 2.29. The summed E-state index contributed by atoms with van der Waals surface area (Å²) in [4.78, 5) is 10.7. The molecule has 6 nitrogen and oxygen atoms in total. The Labute approximate surface area is 101 Å². The molecule has 0 saturated heterocycles. The van der Waals surface area contributed by atoms with E-state index in [1.54, 1.807) is 11.7 Å². The number of anilines is 1. The average molecular weight is 240 g/mol.